The second-order valence-corrected chi connectivity index (χ2v) is 2.46. The maximum absolute atomic E-state index is 11.9. The van der Waals surface area contributed by atoms with E-state index in [9.17, 15) is 13.2 Å². The van der Waals surface area contributed by atoms with E-state index in [-0.39, 0.29) is 5.69 Å². The van der Waals surface area contributed by atoms with Crippen LogP contribution in [0.25, 0.3) is 0 Å². The SMILES string of the molecule is Nc1ccc(C(O)C(F)(F)F)nc1. The van der Waals surface area contributed by atoms with Crippen molar-refractivity contribution >= 4 is 5.69 Å². The maximum Gasteiger partial charge on any atom is 0.420 e. The molecule has 0 aliphatic carbocycles. The fourth-order valence-corrected chi connectivity index (χ4v) is 0.746. The Morgan fingerprint density at radius 3 is 2.38 bits per heavy atom. The average molecular weight is 192 g/mol. The molecule has 0 bridgehead atoms. The number of rotatable bonds is 1. The first-order valence-corrected chi connectivity index (χ1v) is 3.37. The van der Waals surface area contributed by atoms with Crippen molar-refractivity contribution in [2.75, 3.05) is 5.73 Å². The predicted molar refractivity (Wildman–Crippen MR) is 39.7 cm³/mol. The van der Waals surface area contributed by atoms with Gasteiger partial charge < -0.3 is 10.8 Å². The third kappa shape index (κ3) is 2.32. The minimum Gasteiger partial charge on any atom is -0.397 e. The van der Waals surface area contributed by atoms with Crippen LogP contribution in [-0.2, 0) is 0 Å². The van der Waals surface area contributed by atoms with Crippen LogP contribution in [0.5, 0.6) is 0 Å². The van der Waals surface area contributed by atoms with Crippen LogP contribution >= 0.6 is 0 Å². The molecule has 3 N–H and O–H groups in total. The van der Waals surface area contributed by atoms with Crippen molar-refractivity contribution in [3.63, 3.8) is 0 Å². The Morgan fingerprint density at radius 2 is 2.00 bits per heavy atom. The lowest BCUT2D eigenvalue weighted by molar-refractivity contribution is -0.207. The third-order valence-corrected chi connectivity index (χ3v) is 1.40. The fraction of sp³-hybridized carbons (Fsp3) is 0.286. The maximum atomic E-state index is 11.9. The number of hydrogen-bond donors (Lipinski definition) is 2. The van der Waals surface area contributed by atoms with Crippen molar-refractivity contribution in [1.29, 1.82) is 0 Å². The summed E-state index contributed by atoms with van der Waals surface area (Å²) in [6, 6.07) is 2.28. The number of alkyl halides is 3. The number of nitrogens with two attached hydrogens (primary N) is 1. The highest BCUT2D eigenvalue weighted by atomic mass is 19.4. The molecule has 1 atom stereocenters. The molecule has 3 nitrogen and oxygen atoms in total. The van der Waals surface area contributed by atoms with Gasteiger partial charge in [-0.1, -0.05) is 0 Å². The first-order chi connectivity index (χ1) is 5.91. The standard InChI is InChI=1S/C7H7F3N2O/c8-7(9,10)6(13)5-2-1-4(11)3-12-5/h1-3,6,13H,11H2. The van der Waals surface area contributed by atoms with Gasteiger partial charge in [-0.3, -0.25) is 4.98 Å². The number of aromatic nitrogens is 1. The Morgan fingerprint density at radius 1 is 1.38 bits per heavy atom. The van der Waals surface area contributed by atoms with Gasteiger partial charge in [-0.25, -0.2) is 0 Å². The first-order valence-electron chi connectivity index (χ1n) is 3.37. The zero-order valence-corrected chi connectivity index (χ0v) is 6.42. The number of anilines is 1. The van der Waals surface area contributed by atoms with Gasteiger partial charge >= 0.3 is 6.18 Å². The molecule has 1 aromatic rings. The molecule has 1 aromatic heterocycles. The molecule has 1 unspecified atom stereocenters. The minimum absolute atomic E-state index is 0.248. The van der Waals surface area contributed by atoms with E-state index < -0.39 is 18.0 Å². The molecular formula is C7H7F3N2O. The van der Waals surface area contributed by atoms with Gasteiger partial charge in [-0.05, 0) is 12.1 Å². The molecule has 0 aromatic carbocycles. The van der Waals surface area contributed by atoms with Gasteiger partial charge in [0.15, 0.2) is 6.10 Å². The van der Waals surface area contributed by atoms with Gasteiger partial charge in [-0.15, -0.1) is 0 Å². The summed E-state index contributed by atoms with van der Waals surface area (Å²) in [6.45, 7) is 0. The van der Waals surface area contributed by atoms with E-state index in [1.165, 1.54) is 6.07 Å². The lowest BCUT2D eigenvalue weighted by atomic mass is 10.2. The summed E-state index contributed by atoms with van der Waals surface area (Å²) in [5.74, 6) is 0. The van der Waals surface area contributed by atoms with Gasteiger partial charge in [0.05, 0.1) is 17.6 Å². The first kappa shape index (κ1) is 9.79. The Kier molecular flexibility index (Phi) is 2.42. The van der Waals surface area contributed by atoms with Crippen molar-refractivity contribution in [3.05, 3.63) is 24.0 Å². The van der Waals surface area contributed by atoms with Crippen LogP contribution in [0, 0.1) is 0 Å². The van der Waals surface area contributed by atoms with E-state index in [0.717, 1.165) is 12.3 Å². The van der Waals surface area contributed by atoms with Gasteiger partial charge in [0.25, 0.3) is 0 Å². The molecule has 1 rings (SSSR count). The fourth-order valence-electron chi connectivity index (χ4n) is 0.746. The summed E-state index contributed by atoms with van der Waals surface area (Å²) in [6.07, 6.45) is -6.18. The molecule has 0 saturated carbocycles. The normalized spacial score (nSPS) is 14.2. The number of halogens is 3. The smallest absolute Gasteiger partial charge is 0.397 e. The summed E-state index contributed by atoms with van der Waals surface area (Å²) in [5.41, 5.74) is 5.00. The van der Waals surface area contributed by atoms with E-state index in [0.29, 0.717) is 0 Å². The van der Waals surface area contributed by atoms with Crippen molar-refractivity contribution < 1.29 is 18.3 Å². The van der Waals surface area contributed by atoms with Crippen molar-refractivity contribution in [2.45, 2.75) is 12.3 Å². The average Bonchev–Trinajstić information content (AvgIpc) is 2.03. The van der Waals surface area contributed by atoms with Crippen LogP contribution in [0.1, 0.15) is 11.8 Å². The predicted octanol–water partition coefficient (Wildman–Crippen LogP) is 1.26. The van der Waals surface area contributed by atoms with E-state index in [2.05, 4.69) is 4.98 Å². The summed E-state index contributed by atoms with van der Waals surface area (Å²) >= 11 is 0. The quantitative estimate of drug-likeness (QED) is 0.704. The zero-order chi connectivity index (χ0) is 10.1. The van der Waals surface area contributed by atoms with Crippen LogP contribution in [0.4, 0.5) is 18.9 Å². The molecule has 13 heavy (non-hydrogen) atoms. The molecule has 72 valence electrons. The van der Waals surface area contributed by atoms with Crippen LogP contribution in [0.15, 0.2) is 18.3 Å². The molecule has 0 amide bonds. The van der Waals surface area contributed by atoms with E-state index in [4.69, 9.17) is 10.8 Å². The third-order valence-electron chi connectivity index (χ3n) is 1.40. The van der Waals surface area contributed by atoms with Gasteiger partial charge in [0, 0.05) is 0 Å². The van der Waals surface area contributed by atoms with Crippen LogP contribution in [-0.4, -0.2) is 16.3 Å². The number of aliphatic hydroxyl groups is 1. The number of nitrogens with zero attached hydrogens (tertiary/aromatic N) is 1. The molecular weight excluding hydrogens is 185 g/mol. The summed E-state index contributed by atoms with van der Waals surface area (Å²) in [7, 11) is 0. The number of pyridine rings is 1. The largest absolute Gasteiger partial charge is 0.420 e. The molecule has 0 saturated heterocycles. The highest BCUT2D eigenvalue weighted by Gasteiger charge is 2.40. The molecule has 0 fully saturated rings. The molecule has 1 heterocycles. The Balaban J connectivity index is 2.90. The summed E-state index contributed by atoms with van der Waals surface area (Å²) in [4.78, 5) is 3.35. The zero-order valence-electron chi connectivity index (χ0n) is 6.42. The summed E-state index contributed by atoms with van der Waals surface area (Å²) in [5, 5.41) is 8.72. The molecule has 6 heteroatoms. The Bertz CT molecular complexity index is 283. The number of aliphatic hydroxyl groups excluding tert-OH is 1. The molecule has 0 aliphatic heterocycles. The lowest BCUT2D eigenvalue weighted by Crippen LogP contribution is -2.21. The second-order valence-electron chi connectivity index (χ2n) is 2.46. The van der Waals surface area contributed by atoms with Crippen LogP contribution in [0.3, 0.4) is 0 Å². The van der Waals surface area contributed by atoms with E-state index in [1.807, 2.05) is 0 Å². The molecule has 0 radical (unpaired) electrons. The molecule has 0 aliphatic rings. The monoisotopic (exact) mass is 192 g/mol. The van der Waals surface area contributed by atoms with Crippen LogP contribution < -0.4 is 5.73 Å². The number of nitrogen functional groups attached to an aromatic ring is 1. The van der Waals surface area contributed by atoms with Gasteiger partial charge in [0.1, 0.15) is 0 Å². The van der Waals surface area contributed by atoms with E-state index >= 15 is 0 Å². The summed E-state index contributed by atoms with van der Waals surface area (Å²) < 4.78 is 35.7. The lowest BCUT2D eigenvalue weighted by Gasteiger charge is -2.13. The van der Waals surface area contributed by atoms with Crippen LogP contribution in [0.2, 0.25) is 0 Å². The minimum atomic E-state index is -4.69. The van der Waals surface area contributed by atoms with Gasteiger partial charge in [-0.2, -0.15) is 13.2 Å². The highest BCUT2D eigenvalue weighted by molar-refractivity contribution is 5.35. The van der Waals surface area contributed by atoms with Crippen molar-refractivity contribution in [1.82, 2.24) is 4.98 Å². The Labute approximate surface area is 72.0 Å². The Hall–Kier alpha value is -1.30. The number of hydrogen-bond acceptors (Lipinski definition) is 3. The van der Waals surface area contributed by atoms with Crippen molar-refractivity contribution in [3.8, 4) is 0 Å². The van der Waals surface area contributed by atoms with Gasteiger partial charge in [0.2, 0.25) is 0 Å². The topological polar surface area (TPSA) is 59.1 Å². The van der Waals surface area contributed by atoms with Crippen molar-refractivity contribution in [2.24, 2.45) is 0 Å². The molecule has 0 spiro atoms. The van der Waals surface area contributed by atoms with E-state index in [1.54, 1.807) is 0 Å². The highest BCUT2D eigenvalue weighted by Crippen LogP contribution is 2.31. The second kappa shape index (κ2) is 3.21.